The van der Waals surface area contributed by atoms with E-state index in [4.69, 9.17) is 0 Å². The van der Waals surface area contributed by atoms with Gasteiger partial charge < -0.3 is 5.11 Å². The molecule has 3 nitrogen and oxygen atoms in total. The van der Waals surface area contributed by atoms with E-state index in [0.717, 1.165) is 31.5 Å². The summed E-state index contributed by atoms with van der Waals surface area (Å²) in [6, 6.07) is 16.1. The van der Waals surface area contributed by atoms with Crippen molar-refractivity contribution in [3.63, 3.8) is 0 Å². The van der Waals surface area contributed by atoms with Crippen LogP contribution in [0.25, 0.3) is 0 Å². The molecule has 2 saturated carbocycles. The van der Waals surface area contributed by atoms with Gasteiger partial charge >= 0.3 is 12.1 Å². The lowest BCUT2D eigenvalue weighted by atomic mass is 9.72. The van der Waals surface area contributed by atoms with Crippen LogP contribution in [0.4, 0.5) is 13.2 Å². The molecule has 6 heteroatoms. The molecule has 4 rings (SSSR count). The molecule has 0 aliphatic heterocycles. The van der Waals surface area contributed by atoms with E-state index >= 15 is 0 Å². The highest BCUT2D eigenvalue weighted by molar-refractivity contribution is 5.67. The molecule has 2 aromatic rings. The van der Waals surface area contributed by atoms with Gasteiger partial charge in [-0.1, -0.05) is 55.3 Å². The summed E-state index contributed by atoms with van der Waals surface area (Å²) in [6.45, 7) is 1.79. The van der Waals surface area contributed by atoms with Crippen molar-refractivity contribution in [3.8, 4) is 0 Å². The van der Waals surface area contributed by atoms with Crippen molar-refractivity contribution in [3.05, 3.63) is 71.3 Å². The van der Waals surface area contributed by atoms with Gasteiger partial charge in [-0.15, -0.1) is 0 Å². The number of hydrogen-bond donors (Lipinski definition) is 1. The minimum atomic E-state index is -4.36. The van der Waals surface area contributed by atoms with Crippen LogP contribution in [0.3, 0.4) is 0 Å². The van der Waals surface area contributed by atoms with Crippen LogP contribution in [0, 0.1) is 11.8 Å². The SMILES string of the molecule is O=C(O)CC1CCC(N(Cc2ccccc2)CC2CCCC2)C(c2ccc(C(F)(F)F)cc2)C1. The maximum Gasteiger partial charge on any atom is 0.416 e. The Balaban J connectivity index is 1.62. The van der Waals surface area contributed by atoms with Gasteiger partial charge in [-0.25, -0.2) is 0 Å². The summed E-state index contributed by atoms with van der Waals surface area (Å²) in [5.41, 5.74) is 1.48. The maximum absolute atomic E-state index is 13.2. The molecule has 2 aliphatic rings. The van der Waals surface area contributed by atoms with E-state index in [0.29, 0.717) is 12.3 Å². The number of benzene rings is 2. The van der Waals surface area contributed by atoms with Gasteiger partial charge in [-0.2, -0.15) is 13.2 Å². The maximum atomic E-state index is 13.2. The van der Waals surface area contributed by atoms with Gasteiger partial charge in [0.25, 0.3) is 0 Å². The highest BCUT2D eigenvalue weighted by atomic mass is 19.4. The van der Waals surface area contributed by atoms with Crippen LogP contribution in [0.1, 0.15) is 74.0 Å². The molecule has 3 atom stereocenters. The van der Waals surface area contributed by atoms with Crippen molar-refractivity contribution in [2.24, 2.45) is 11.8 Å². The van der Waals surface area contributed by atoms with E-state index < -0.39 is 17.7 Å². The molecule has 0 saturated heterocycles. The Bertz CT molecular complexity index is 923. The molecule has 0 amide bonds. The predicted molar refractivity (Wildman–Crippen MR) is 126 cm³/mol. The summed E-state index contributed by atoms with van der Waals surface area (Å²) in [4.78, 5) is 14.0. The quantitative estimate of drug-likeness (QED) is 0.444. The van der Waals surface area contributed by atoms with Gasteiger partial charge in [0.1, 0.15) is 0 Å². The average Bonchev–Trinajstić information content (AvgIpc) is 3.32. The normalized spacial score (nSPS) is 23.9. The fourth-order valence-corrected chi connectivity index (χ4v) is 6.05. The number of rotatable bonds is 8. The van der Waals surface area contributed by atoms with E-state index in [1.165, 1.54) is 43.4 Å². The Morgan fingerprint density at radius 2 is 1.59 bits per heavy atom. The smallest absolute Gasteiger partial charge is 0.416 e. The molecule has 3 unspecified atom stereocenters. The second kappa shape index (κ2) is 10.9. The van der Waals surface area contributed by atoms with Gasteiger partial charge in [0.15, 0.2) is 0 Å². The van der Waals surface area contributed by atoms with Gasteiger partial charge in [-0.05, 0) is 73.1 Å². The fraction of sp³-hybridized carbons (Fsp3) is 0.536. The van der Waals surface area contributed by atoms with Crippen molar-refractivity contribution in [1.82, 2.24) is 4.90 Å². The number of hydrogen-bond acceptors (Lipinski definition) is 2. The summed E-state index contributed by atoms with van der Waals surface area (Å²) < 4.78 is 39.5. The second-order valence-corrected chi connectivity index (χ2v) is 10.1. The number of aliphatic carboxylic acids is 1. The third-order valence-corrected chi connectivity index (χ3v) is 7.72. The van der Waals surface area contributed by atoms with E-state index in [2.05, 4.69) is 17.0 Å². The zero-order valence-corrected chi connectivity index (χ0v) is 19.5. The minimum Gasteiger partial charge on any atom is -0.481 e. The van der Waals surface area contributed by atoms with Gasteiger partial charge in [0.05, 0.1) is 5.56 Å². The summed E-state index contributed by atoms with van der Waals surface area (Å²) in [7, 11) is 0. The molecule has 0 spiro atoms. The van der Waals surface area contributed by atoms with Crippen molar-refractivity contribution >= 4 is 5.97 Å². The summed E-state index contributed by atoms with van der Waals surface area (Å²) in [6.07, 6.45) is 3.12. The molecule has 0 radical (unpaired) electrons. The van der Waals surface area contributed by atoms with Crippen LogP contribution in [0.2, 0.25) is 0 Å². The van der Waals surface area contributed by atoms with Crippen LogP contribution in [0.15, 0.2) is 54.6 Å². The highest BCUT2D eigenvalue weighted by Gasteiger charge is 2.37. The minimum absolute atomic E-state index is 0.0190. The third kappa shape index (κ3) is 6.41. The summed E-state index contributed by atoms with van der Waals surface area (Å²) in [5.74, 6) is -0.0907. The van der Waals surface area contributed by atoms with Crippen LogP contribution < -0.4 is 0 Å². The standard InChI is InChI=1S/C28H34F3NO2/c29-28(30,31)24-13-11-23(12-14-24)25-16-22(17-27(33)34)10-15-26(25)32(19-21-8-4-5-9-21)18-20-6-2-1-3-7-20/h1-3,6-7,11-14,21-22,25-26H,4-5,8-10,15-19H2,(H,33,34). The lowest BCUT2D eigenvalue weighted by Crippen LogP contribution is -2.44. The average molecular weight is 474 g/mol. The molecule has 2 fully saturated rings. The molecule has 0 bridgehead atoms. The Hall–Kier alpha value is -2.34. The van der Waals surface area contributed by atoms with Crippen LogP contribution in [0.5, 0.6) is 0 Å². The predicted octanol–water partition coefficient (Wildman–Crippen LogP) is 7.12. The van der Waals surface area contributed by atoms with Crippen molar-refractivity contribution < 1.29 is 23.1 Å². The molecule has 2 aromatic carbocycles. The zero-order chi connectivity index (χ0) is 24.1. The topological polar surface area (TPSA) is 40.5 Å². The van der Waals surface area contributed by atoms with E-state index in [-0.39, 0.29) is 24.3 Å². The first kappa shape index (κ1) is 24.8. The first-order valence-electron chi connectivity index (χ1n) is 12.5. The Morgan fingerprint density at radius 1 is 0.912 bits per heavy atom. The summed E-state index contributed by atoms with van der Waals surface area (Å²) in [5, 5.41) is 9.37. The van der Waals surface area contributed by atoms with E-state index in [1.54, 1.807) is 12.1 Å². The number of carbonyl (C=O) groups is 1. The lowest BCUT2D eigenvalue weighted by Gasteiger charge is -2.44. The molecular formula is C28H34F3NO2. The highest BCUT2D eigenvalue weighted by Crippen LogP contribution is 2.42. The Morgan fingerprint density at radius 3 is 2.21 bits per heavy atom. The van der Waals surface area contributed by atoms with Crippen molar-refractivity contribution in [2.45, 2.75) is 76.0 Å². The molecule has 1 N–H and O–H groups in total. The van der Waals surface area contributed by atoms with Gasteiger partial charge in [0.2, 0.25) is 0 Å². The molecule has 0 heterocycles. The lowest BCUT2D eigenvalue weighted by molar-refractivity contribution is -0.139. The number of alkyl halides is 3. The molecular weight excluding hydrogens is 439 g/mol. The van der Waals surface area contributed by atoms with Crippen LogP contribution in [-0.2, 0) is 17.5 Å². The van der Waals surface area contributed by atoms with Crippen molar-refractivity contribution in [2.75, 3.05) is 6.54 Å². The van der Waals surface area contributed by atoms with E-state index in [9.17, 15) is 23.1 Å². The fourth-order valence-electron chi connectivity index (χ4n) is 6.05. The van der Waals surface area contributed by atoms with Crippen molar-refractivity contribution in [1.29, 1.82) is 0 Å². The third-order valence-electron chi connectivity index (χ3n) is 7.72. The number of carboxylic acids is 1. The van der Waals surface area contributed by atoms with Crippen LogP contribution in [-0.4, -0.2) is 28.6 Å². The second-order valence-electron chi connectivity index (χ2n) is 10.1. The monoisotopic (exact) mass is 473 g/mol. The summed E-state index contributed by atoms with van der Waals surface area (Å²) >= 11 is 0. The molecule has 0 aromatic heterocycles. The molecule has 34 heavy (non-hydrogen) atoms. The number of nitrogens with zero attached hydrogens (tertiary/aromatic N) is 1. The Labute approximate surface area is 200 Å². The molecule has 184 valence electrons. The first-order chi connectivity index (χ1) is 16.3. The zero-order valence-electron chi connectivity index (χ0n) is 19.5. The number of halogens is 3. The van der Waals surface area contributed by atoms with Gasteiger partial charge in [0, 0.05) is 25.6 Å². The van der Waals surface area contributed by atoms with Crippen LogP contribution >= 0.6 is 0 Å². The number of carboxylic acid groups (broad SMARTS) is 1. The van der Waals surface area contributed by atoms with Gasteiger partial charge in [-0.3, -0.25) is 9.69 Å². The largest absolute Gasteiger partial charge is 0.481 e. The first-order valence-corrected chi connectivity index (χ1v) is 12.5. The van der Waals surface area contributed by atoms with E-state index in [1.807, 2.05) is 18.2 Å². The molecule has 2 aliphatic carbocycles. The Kier molecular flexibility index (Phi) is 7.97.